The number of hydrogen-bond acceptors (Lipinski definition) is 4. The molecular formula is C27H33N3O4. The Morgan fingerprint density at radius 3 is 2.15 bits per heavy atom. The van der Waals surface area contributed by atoms with Crippen LogP contribution in [-0.2, 0) is 16.0 Å². The minimum Gasteiger partial charge on any atom is -0.354 e. The number of carbonyl (C=O) groups excluding carboxylic acids is 4. The van der Waals surface area contributed by atoms with Gasteiger partial charge >= 0.3 is 0 Å². The number of amides is 4. The predicted octanol–water partition coefficient (Wildman–Crippen LogP) is 3.44. The number of benzene rings is 2. The Balaban J connectivity index is 1.65. The summed E-state index contributed by atoms with van der Waals surface area (Å²) in [6.45, 7) is 5.05. The SMILES string of the molecule is CCCNC(=O)C(CC)N(CCc1ccccc1)C(=O)CCCN1C(=O)c2ccccc2C1=O. The lowest BCUT2D eigenvalue weighted by molar-refractivity contribution is -0.140. The topological polar surface area (TPSA) is 86.8 Å². The monoisotopic (exact) mass is 463 g/mol. The predicted molar refractivity (Wildman–Crippen MR) is 130 cm³/mol. The highest BCUT2D eigenvalue weighted by atomic mass is 16.2. The van der Waals surface area contributed by atoms with E-state index in [4.69, 9.17) is 0 Å². The van der Waals surface area contributed by atoms with E-state index < -0.39 is 6.04 Å². The van der Waals surface area contributed by atoms with E-state index in [1.54, 1.807) is 29.2 Å². The maximum atomic E-state index is 13.3. The van der Waals surface area contributed by atoms with Gasteiger partial charge in [-0.3, -0.25) is 24.1 Å². The molecule has 2 aromatic rings. The number of fused-ring (bicyclic) bond motifs is 1. The minimum atomic E-state index is -0.554. The highest BCUT2D eigenvalue weighted by Crippen LogP contribution is 2.23. The normalized spacial score (nSPS) is 13.5. The van der Waals surface area contributed by atoms with Crippen LogP contribution in [0.4, 0.5) is 0 Å². The van der Waals surface area contributed by atoms with Crippen LogP contribution in [0.25, 0.3) is 0 Å². The molecule has 0 radical (unpaired) electrons. The third kappa shape index (κ3) is 5.90. The van der Waals surface area contributed by atoms with Crippen molar-refractivity contribution < 1.29 is 19.2 Å². The molecule has 1 aliphatic rings. The van der Waals surface area contributed by atoms with Crippen molar-refractivity contribution in [3.05, 3.63) is 71.3 Å². The Kier molecular flexibility index (Phi) is 8.96. The molecule has 0 aliphatic carbocycles. The minimum absolute atomic E-state index is 0.147. The Morgan fingerprint density at radius 1 is 0.941 bits per heavy atom. The molecule has 1 heterocycles. The van der Waals surface area contributed by atoms with Gasteiger partial charge in [-0.1, -0.05) is 56.3 Å². The van der Waals surface area contributed by atoms with Gasteiger partial charge in [0, 0.05) is 26.1 Å². The largest absolute Gasteiger partial charge is 0.354 e. The first-order valence-corrected chi connectivity index (χ1v) is 12.0. The first-order chi connectivity index (χ1) is 16.5. The van der Waals surface area contributed by atoms with Gasteiger partial charge in [-0.2, -0.15) is 0 Å². The number of rotatable bonds is 12. The van der Waals surface area contributed by atoms with E-state index in [9.17, 15) is 19.2 Å². The van der Waals surface area contributed by atoms with Crippen LogP contribution in [0.5, 0.6) is 0 Å². The Bertz CT molecular complexity index is 987. The molecule has 7 nitrogen and oxygen atoms in total. The van der Waals surface area contributed by atoms with Crippen LogP contribution in [0.1, 0.15) is 65.8 Å². The Labute approximate surface area is 201 Å². The average Bonchev–Trinajstić information content (AvgIpc) is 3.10. The molecule has 1 unspecified atom stereocenters. The van der Waals surface area contributed by atoms with Gasteiger partial charge in [0.15, 0.2) is 0 Å². The summed E-state index contributed by atoms with van der Waals surface area (Å²) in [4.78, 5) is 54.1. The zero-order valence-electron chi connectivity index (χ0n) is 20.0. The van der Waals surface area contributed by atoms with Crippen LogP contribution in [0, 0.1) is 0 Å². The summed E-state index contributed by atoms with van der Waals surface area (Å²) in [5.74, 6) is -0.934. The lowest BCUT2D eigenvalue weighted by Gasteiger charge is -2.31. The molecule has 0 spiro atoms. The van der Waals surface area contributed by atoms with E-state index in [0.29, 0.717) is 43.5 Å². The van der Waals surface area contributed by atoms with Crippen molar-refractivity contribution in [1.82, 2.24) is 15.1 Å². The quantitative estimate of drug-likeness (QED) is 0.489. The highest BCUT2D eigenvalue weighted by molar-refractivity contribution is 6.21. The van der Waals surface area contributed by atoms with Crippen molar-refractivity contribution in [2.75, 3.05) is 19.6 Å². The van der Waals surface area contributed by atoms with Crippen molar-refractivity contribution >= 4 is 23.6 Å². The summed E-state index contributed by atoms with van der Waals surface area (Å²) in [5.41, 5.74) is 1.90. The van der Waals surface area contributed by atoms with Gasteiger partial charge in [0.2, 0.25) is 11.8 Å². The van der Waals surface area contributed by atoms with Crippen LogP contribution in [-0.4, -0.2) is 59.1 Å². The second kappa shape index (κ2) is 12.1. The Morgan fingerprint density at radius 2 is 1.56 bits per heavy atom. The van der Waals surface area contributed by atoms with Crippen LogP contribution >= 0.6 is 0 Å². The van der Waals surface area contributed by atoms with Gasteiger partial charge in [-0.25, -0.2) is 0 Å². The van der Waals surface area contributed by atoms with Crippen molar-refractivity contribution in [3.63, 3.8) is 0 Å². The third-order valence-electron chi connectivity index (χ3n) is 6.07. The molecule has 0 aromatic heterocycles. The fraction of sp³-hybridized carbons (Fsp3) is 0.407. The molecule has 2 aromatic carbocycles. The van der Waals surface area contributed by atoms with E-state index in [1.807, 2.05) is 44.2 Å². The zero-order chi connectivity index (χ0) is 24.5. The third-order valence-corrected chi connectivity index (χ3v) is 6.07. The maximum Gasteiger partial charge on any atom is 0.261 e. The first-order valence-electron chi connectivity index (χ1n) is 12.0. The smallest absolute Gasteiger partial charge is 0.261 e. The summed E-state index contributed by atoms with van der Waals surface area (Å²) < 4.78 is 0. The summed E-state index contributed by atoms with van der Waals surface area (Å²) in [7, 11) is 0. The molecular weight excluding hydrogens is 430 g/mol. The van der Waals surface area contributed by atoms with Crippen molar-refractivity contribution in [3.8, 4) is 0 Å². The second-order valence-corrected chi connectivity index (χ2v) is 8.45. The maximum absolute atomic E-state index is 13.3. The molecule has 0 saturated heterocycles. The van der Waals surface area contributed by atoms with Crippen LogP contribution in [0.15, 0.2) is 54.6 Å². The molecule has 7 heteroatoms. The Hall–Kier alpha value is -3.48. The number of imide groups is 1. The number of nitrogens with one attached hydrogen (secondary N) is 1. The molecule has 1 N–H and O–H groups in total. The van der Waals surface area contributed by atoms with Crippen molar-refractivity contribution in [1.29, 1.82) is 0 Å². The molecule has 1 atom stereocenters. The summed E-state index contributed by atoms with van der Waals surface area (Å²) in [6, 6.07) is 16.1. The van der Waals surface area contributed by atoms with Gasteiger partial charge < -0.3 is 10.2 Å². The lowest BCUT2D eigenvalue weighted by Crippen LogP contribution is -2.50. The molecule has 0 saturated carbocycles. The summed E-state index contributed by atoms with van der Waals surface area (Å²) >= 11 is 0. The molecule has 0 bridgehead atoms. The number of carbonyl (C=O) groups is 4. The molecule has 0 fully saturated rings. The van der Waals surface area contributed by atoms with Gasteiger partial charge in [-0.05, 0) is 43.4 Å². The first kappa shape index (κ1) is 25.1. The van der Waals surface area contributed by atoms with E-state index in [-0.39, 0.29) is 36.6 Å². The average molecular weight is 464 g/mol. The second-order valence-electron chi connectivity index (χ2n) is 8.45. The molecule has 4 amide bonds. The van der Waals surface area contributed by atoms with Crippen molar-refractivity contribution in [2.45, 2.75) is 52.0 Å². The summed E-state index contributed by atoms with van der Waals surface area (Å²) in [6.07, 6.45) is 2.47. The molecule has 1 aliphatic heterocycles. The van der Waals surface area contributed by atoms with Crippen LogP contribution in [0.2, 0.25) is 0 Å². The lowest BCUT2D eigenvalue weighted by atomic mass is 10.1. The number of nitrogens with zero attached hydrogens (tertiary/aromatic N) is 2. The standard InChI is InChI=1S/C27H33N3O4/c1-3-17-28-25(32)23(4-2)29(19-16-20-11-6-5-7-12-20)24(31)15-10-18-30-26(33)21-13-8-9-14-22(21)27(30)34/h5-9,11-14,23H,3-4,10,15-19H2,1-2H3,(H,28,32). The van der Waals surface area contributed by atoms with Gasteiger partial charge in [0.1, 0.15) is 6.04 Å². The van der Waals surface area contributed by atoms with Crippen LogP contribution < -0.4 is 5.32 Å². The van der Waals surface area contributed by atoms with E-state index in [0.717, 1.165) is 12.0 Å². The zero-order valence-corrected chi connectivity index (χ0v) is 20.0. The van der Waals surface area contributed by atoms with Crippen LogP contribution in [0.3, 0.4) is 0 Å². The molecule has 34 heavy (non-hydrogen) atoms. The van der Waals surface area contributed by atoms with Gasteiger partial charge in [0.25, 0.3) is 11.8 Å². The van der Waals surface area contributed by atoms with Gasteiger partial charge in [-0.15, -0.1) is 0 Å². The highest BCUT2D eigenvalue weighted by Gasteiger charge is 2.35. The fourth-order valence-corrected chi connectivity index (χ4v) is 4.24. The van der Waals surface area contributed by atoms with E-state index >= 15 is 0 Å². The fourth-order valence-electron chi connectivity index (χ4n) is 4.24. The number of hydrogen-bond donors (Lipinski definition) is 1. The van der Waals surface area contributed by atoms with E-state index in [2.05, 4.69) is 5.32 Å². The van der Waals surface area contributed by atoms with E-state index in [1.165, 1.54) is 4.90 Å². The van der Waals surface area contributed by atoms with Crippen molar-refractivity contribution in [2.24, 2.45) is 0 Å². The molecule has 3 rings (SSSR count). The molecule has 180 valence electrons. The van der Waals surface area contributed by atoms with Gasteiger partial charge in [0.05, 0.1) is 11.1 Å². The summed E-state index contributed by atoms with van der Waals surface area (Å²) in [5, 5.41) is 2.91.